The molecule has 3 N–H and O–H groups in total. The largest absolute Gasteiger partial charge is 0.391 e. The van der Waals surface area contributed by atoms with Crippen molar-refractivity contribution in [1.29, 1.82) is 0 Å². The number of halogens is 1. The van der Waals surface area contributed by atoms with E-state index in [4.69, 9.17) is 0 Å². The third-order valence-corrected chi connectivity index (χ3v) is 4.24. The smallest absolute Gasteiger partial charge is 0.239 e. The Morgan fingerprint density at radius 1 is 1.46 bits per heavy atom. The normalized spacial score (nSPS) is 15.5. The van der Waals surface area contributed by atoms with E-state index in [2.05, 4.69) is 15.3 Å². The lowest BCUT2D eigenvalue weighted by molar-refractivity contribution is -0.130. The highest BCUT2D eigenvalue weighted by atomic mass is 19.1. The number of hydrogen-bond acceptors (Lipinski definition) is 4. The van der Waals surface area contributed by atoms with E-state index >= 15 is 0 Å². The average Bonchev–Trinajstić information content (AvgIpc) is 2.95. The summed E-state index contributed by atoms with van der Waals surface area (Å²) in [4.78, 5) is 21.3. The van der Waals surface area contributed by atoms with Gasteiger partial charge in [0.05, 0.1) is 17.1 Å². The molecular weight excluding hydrogens is 311 g/mol. The van der Waals surface area contributed by atoms with Gasteiger partial charge in [-0.25, -0.2) is 9.37 Å². The molecule has 0 saturated carbocycles. The van der Waals surface area contributed by atoms with Crippen molar-refractivity contribution < 1.29 is 14.3 Å². The number of likely N-dealkylation sites (N-methyl/N-ethyl adjacent to an activating group) is 2. The second-order valence-corrected chi connectivity index (χ2v) is 6.36. The number of carbonyl (C=O) groups excluding carboxylic acids is 1. The number of aliphatic hydroxyl groups is 1. The van der Waals surface area contributed by atoms with Crippen LogP contribution in [0.25, 0.3) is 11.0 Å². The summed E-state index contributed by atoms with van der Waals surface area (Å²) in [6.07, 6.45) is -0.350. The Morgan fingerprint density at radius 2 is 2.17 bits per heavy atom. The molecule has 1 amide bonds. The summed E-state index contributed by atoms with van der Waals surface area (Å²) >= 11 is 0. The van der Waals surface area contributed by atoms with Crippen LogP contribution >= 0.6 is 0 Å². The molecule has 24 heavy (non-hydrogen) atoms. The maximum atomic E-state index is 12.7. The fourth-order valence-corrected chi connectivity index (χ4v) is 2.86. The van der Waals surface area contributed by atoms with Gasteiger partial charge in [-0.15, -0.1) is 0 Å². The lowest BCUT2D eigenvalue weighted by Crippen LogP contribution is -2.52. The van der Waals surface area contributed by atoms with Crippen LogP contribution < -0.4 is 5.32 Å². The van der Waals surface area contributed by atoms with Crippen LogP contribution in [-0.4, -0.2) is 59.2 Å². The van der Waals surface area contributed by atoms with E-state index in [1.54, 1.807) is 44.2 Å². The van der Waals surface area contributed by atoms with Crippen molar-refractivity contribution in [3.05, 3.63) is 29.6 Å². The minimum atomic E-state index is -0.838. The van der Waals surface area contributed by atoms with Crippen LogP contribution in [0, 0.1) is 5.92 Å². The Kier molecular flexibility index (Phi) is 5.90. The lowest BCUT2D eigenvalue weighted by Gasteiger charge is -2.30. The Hall–Kier alpha value is -1.99. The number of carbonyl (C=O) groups is 1. The molecule has 2 rings (SSSR count). The van der Waals surface area contributed by atoms with Gasteiger partial charge in [-0.3, -0.25) is 9.69 Å². The molecule has 132 valence electrons. The third kappa shape index (κ3) is 3.91. The molecule has 0 aliphatic carbocycles. The van der Waals surface area contributed by atoms with Crippen molar-refractivity contribution in [2.75, 3.05) is 21.1 Å². The van der Waals surface area contributed by atoms with E-state index < -0.39 is 18.8 Å². The minimum Gasteiger partial charge on any atom is -0.391 e. The molecule has 0 fully saturated rings. The van der Waals surface area contributed by atoms with Crippen molar-refractivity contribution in [3.63, 3.8) is 0 Å². The van der Waals surface area contributed by atoms with E-state index in [-0.39, 0.29) is 11.8 Å². The first-order valence-electron chi connectivity index (χ1n) is 7.97. The summed E-state index contributed by atoms with van der Waals surface area (Å²) in [6.45, 7) is 1.36. The average molecular weight is 336 g/mol. The molecule has 0 aliphatic rings. The maximum absolute atomic E-state index is 12.7. The van der Waals surface area contributed by atoms with Crippen LogP contribution in [0.5, 0.6) is 0 Å². The van der Waals surface area contributed by atoms with E-state index in [9.17, 15) is 14.3 Å². The number of H-pyrrole nitrogens is 1. The Balaban J connectivity index is 2.15. The summed E-state index contributed by atoms with van der Waals surface area (Å²) < 4.78 is 12.7. The van der Waals surface area contributed by atoms with Crippen LogP contribution in [0.3, 0.4) is 0 Å². The number of aliphatic hydroxyl groups excluding tert-OH is 1. The molecule has 6 nitrogen and oxygen atoms in total. The first kappa shape index (κ1) is 18.4. The van der Waals surface area contributed by atoms with Crippen LogP contribution in [0.4, 0.5) is 4.39 Å². The summed E-state index contributed by atoms with van der Waals surface area (Å²) in [5.74, 6) is 0.300. The van der Waals surface area contributed by atoms with Crippen molar-refractivity contribution in [2.24, 2.45) is 5.92 Å². The molecule has 1 aromatic heterocycles. The number of aromatic amines is 1. The SMILES string of the molecule is CNC(=O)[C@H](C(O)[C@H](C)Cc1nc2cc(CF)ccc2[nH]1)N(C)C. The van der Waals surface area contributed by atoms with E-state index in [0.29, 0.717) is 23.3 Å². The number of nitrogens with one attached hydrogen (secondary N) is 2. The van der Waals surface area contributed by atoms with Gasteiger partial charge in [0.25, 0.3) is 0 Å². The number of benzene rings is 1. The molecule has 3 atom stereocenters. The second-order valence-electron chi connectivity index (χ2n) is 6.36. The first-order chi connectivity index (χ1) is 11.4. The third-order valence-electron chi connectivity index (χ3n) is 4.24. The van der Waals surface area contributed by atoms with Crippen LogP contribution in [0.1, 0.15) is 18.3 Å². The molecule has 1 heterocycles. The van der Waals surface area contributed by atoms with Gasteiger partial charge in [0.2, 0.25) is 5.91 Å². The summed E-state index contributed by atoms with van der Waals surface area (Å²) in [5, 5.41) is 13.2. The van der Waals surface area contributed by atoms with Crippen molar-refractivity contribution in [3.8, 4) is 0 Å². The number of aromatic nitrogens is 2. The van der Waals surface area contributed by atoms with Gasteiger partial charge in [0.1, 0.15) is 18.5 Å². The Bertz CT molecular complexity index is 701. The molecule has 0 aliphatic heterocycles. The molecular formula is C17H25FN4O2. The van der Waals surface area contributed by atoms with Gasteiger partial charge in [-0.2, -0.15) is 0 Å². The van der Waals surface area contributed by atoms with Gasteiger partial charge in [0.15, 0.2) is 0 Å². The Morgan fingerprint density at radius 3 is 2.75 bits per heavy atom. The van der Waals surface area contributed by atoms with Crippen molar-refractivity contribution in [2.45, 2.75) is 32.2 Å². The first-order valence-corrected chi connectivity index (χ1v) is 7.97. The number of hydrogen-bond donors (Lipinski definition) is 3. The zero-order valence-corrected chi connectivity index (χ0v) is 14.5. The lowest BCUT2D eigenvalue weighted by atomic mass is 9.93. The zero-order valence-electron chi connectivity index (χ0n) is 14.5. The highest BCUT2D eigenvalue weighted by Gasteiger charge is 2.32. The molecule has 0 bridgehead atoms. The van der Waals surface area contributed by atoms with Crippen molar-refractivity contribution >= 4 is 16.9 Å². The monoisotopic (exact) mass is 336 g/mol. The summed E-state index contributed by atoms with van der Waals surface area (Å²) in [6, 6.07) is 4.60. The number of fused-ring (bicyclic) bond motifs is 1. The zero-order chi connectivity index (χ0) is 17.9. The Labute approximate surface area is 141 Å². The van der Waals surface area contributed by atoms with E-state index in [0.717, 1.165) is 5.52 Å². The quantitative estimate of drug-likeness (QED) is 0.711. The number of alkyl halides is 1. The molecule has 2 aromatic rings. The van der Waals surface area contributed by atoms with Gasteiger partial charge in [-0.1, -0.05) is 13.0 Å². The number of imidazole rings is 1. The van der Waals surface area contributed by atoms with Gasteiger partial charge in [-0.05, 0) is 37.7 Å². The molecule has 7 heteroatoms. The highest BCUT2D eigenvalue weighted by Crippen LogP contribution is 2.19. The van der Waals surface area contributed by atoms with E-state index in [1.807, 2.05) is 6.92 Å². The topological polar surface area (TPSA) is 81.2 Å². The summed E-state index contributed by atoms with van der Waals surface area (Å²) in [7, 11) is 5.07. The van der Waals surface area contributed by atoms with E-state index in [1.165, 1.54) is 0 Å². The van der Waals surface area contributed by atoms with Crippen LogP contribution in [-0.2, 0) is 17.9 Å². The molecule has 1 aromatic carbocycles. The number of rotatable bonds is 7. The van der Waals surface area contributed by atoms with Gasteiger partial charge in [0, 0.05) is 13.5 Å². The fourth-order valence-electron chi connectivity index (χ4n) is 2.86. The predicted octanol–water partition coefficient (Wildman–Crippen LogP) is 1.25. The molecule has 0 radical (unpaired) electrons. The van der Waals surface area contributed by atoms with Crippen LogP contribution in [0.2, 0.25) is 0 Å². The van der Waals surface area contributed by atoms with Crippen LogP contribution in [0.15, 0.2) is 18.2 Å². The predicted molar refractivity (Wildman–Crippen MR) is 91.3 cm³/mol. The fraction of sp³-hybridized carbons (Fsp3) is 0.529. The number of nitrogens with zero attached hydrogens (tertiary/aromatic N) is 2. The molecule has 0 saturated heterocycles. The van der Waals surface area contributed by atoms with Crippen molar-refractivity contribution in [1.82, 2.24) is 20.2 Å². The molecule has 1 unspecified atom stereocenters. The second kappa shape index (κ2) is 7.72. The summed E-state index contributed by atoms with van der Waals surface area (Å²) in [5.41, 5.74) is 2.12. The number of amides is 1. The standard InChI is InChI=1S/C17H25FN4O2/c1-10(16(23)15(22(3)4)17(24)19-2)7-14-20-12-6-5-11(9-18)8-13(12)21-14/h5-6,8,10,15-16,23H,7,9H2,1-4H3,(H,19,24)(H,20,21)/t10-,15+,16?/m1/s1. The molecule has 0 spiro atoms. The van der Waals surface area contributed by atoms with Gasteiger partial charge >= 0.3 is 0 Å². The van der Waals surface area contributed by atoms with Gasteiger partial charge < -0.3 is 15.4 Å². The highest BCUT2D eigenvalue weighted by molar-refractivity contribution is 5.82. The maximum Gasteiger partial charge on any atom is 0.239 e. The minimum absolute atomic E-state index is 0.184.